The predicted molar refractivity (Wildman–Crippen MR) is 82.9 cm³/mol. The average molecular weight is 296 g/mol. The number of nitrogens with two attached hydrogens (primary N) is 1. The lowest BCUT2D eigenvalue weighted by Gasteiger charge is -2.22. The zero-order valence-electron chi connectivity index (χ0n) is 11.9. The highest BCUT2D eigenvalue weighted by molar-refractivity contribution is 6.33. The monoisotopic (exact) mass is 295 g/mol. The number of carbonyl (C=O) groups is 1. The molecule has 1 unspecified atom stereocenters. The van der Waals surface area contributed by atoms with E-state index in [0.717, 1.165) is 26.1 Å². The third-order valence-corrected chi connectivity index (χ3v) is 4.26. The summed E-state index contributed by atoms with van der Waals surface area (Å²) in [5.41, 5.74) is 6.67. The van der Waals surface area contributed by atoms with Crippen molar-refractivity contribution in [3.8, 4) is 0 Å². The molecule has 3 N–H and O–H groups in total. The molecule has 0 aliphatic carbocycles. The Bertz CT molecular complexity index is 480. The van der Waals surface area contributed by atoms with Crippen LogP contribution in [0.2, 0.25) is 5.02 Å². The lowest BCUT2D eigenvalue weighted by Crippen LogP contribution is -2.32. The molecule has 110 valence electrons. The Morgan fingerprint density at radius 3 is 2.90 bits per heavy atom. The van der Waals surface area contributed by atoms with Gasteiger partial charge in [0.1, 0.15) is 0 Å². The number of carbonyl (C=O) groups excluding carboxylic acids is 1. The Morgan fingerprint density at radius 1 is 1.50 bits per heavy atom. The Labute approximate surface area is 125 Å². The minimum Gasteiger partial charge on any atom is -0.330 e. The van der Waals surface area contributed by atoms with Crippen molar-refractivity contribution in [1.82, 2.24) is 4.90 Å². The molecule has 0 saturated carbocycles. The largest absolute Gasteiger partial charge is 0.330 e. The standard InChI is InChI=1S/C15H22ClN3O/c1-15(10-17)7-9-19(11-15)8-6-14(20)18-13-5-3-2-4-12(13)16/h2-5H,6-11,17H2,1H3,(H,18,20). The SMILES string of the molecule is CC1(CN)CCN(CCC(=O)Nc2ccccc2Cl)C1. The summed E-state index contributed by atoms with van der Waals surface area (Å²) in [6.07, 6.45) is 1.58. The maximum atomic E-state index is 11.9. The fraction of sp³-hybridized carbons (Fsp3) is 0.533. The van der Waals surface area contributed by atoms with Gasteiger partial charge in [0.15, 0.2) is 0 Å². The van der Waals surface area contributed by atoms with Crippen LogP contribution in [0.4, 0.5) is 5.69 Å². The maximum Gasteiger partial charge on any atom is 0.225 e. The molecule has 1 fully saturated rings. The number of rotatable bonds is 5. The van der Waals surface area contributed by atoms with E-state index in [2.05, 4.69) is 17.1 Å². The third kappa shape index (κ3) is 3.95. The molecule has 1 saturated heterocycles. The molecular weight excluding hydrogens is 274 g/mol. The fourth-order valence-corrected chi connectivity index (χ4v) is 2.70. The second-order valence-corrected chi connectivity index (χ2v) is 6.23. The molecule has 1 aliphatic heterocycles. The van der Waals surface area contributed by atoms with Crippen molar-refractivity contribution in [1.29, 1.82) is 0 Å². The van der Waals surface area contributed by atoms with Gasteiger partial charge in [-0.05, 0) is 37.1 Å². The van der Waals surface area contributed by atoms with Crippen molar-refractivity contribution < 1.29 is 4.79 Å². The number of amides is 1. The Kier molecular flexibility index (Phi) is 5.02. The van der Waals surface area contributed by atoms with Crippen LogP contribution < -0.4 is 11.1 Å². The maximum absolute atomic E-state index is 11.9. The lowest BCUT2D eigenvalue weighted by molar-refractivity contribution is -0.116. The number of hydrogen-bond donors (Lipinski definition) is 2. The van der Waals surface area contributed by atoms with Crippen LogP contribution in [0.3, 0.4) is 0 Å². The van der Waals surface area contributed by atoms with Crippen LogP contribution >= 0.6 is 11.6 Å². The Balaban J connectivity index is 1.78. The highest BCUT2D eigenvalue weighted by Gasteiger charge is 2.32. The van der Waals surface area contributed by atoms with Gasteiger partial charge in [-0.2, -0.15) is 0 Å². The van der Waals surface area contributed by atoms with Crippen LogP contribution in [-0.4, -0.2) is 37.0 Å². The second-order valence-electron chi connectivity index (χ2n) is 5.82. The number of hydrogen-bond acceptors (Lipinski definition) is 3. The molecule has 1 aromatic rings. The summed E-state index contributed by atoms with van der Waals surface area (Å²) in [5.74, 6) is -0.000508. The fourth-order valence-electron chi connectivity index (χ4n) is 2.52. The zero-order valence-corrected chi connectivity index (χ0v) is 12.6. The minimum absolute atomic E-state index is 0.000508. The molecule has 1 atom stereocenters. The molecule has 0 aromatic heterocycles. The quantitative estimate of drug-likeness (QED) is 0.876. The minimum atomic E-state index is -0.000508. The summed E-state index contributed by atoms with van der Waals surface area (Å²) >= 11 is 6.01. The highest BCUT2D eigenvalue weighted by atomic mass is 35.5. The number of nitrogens with one attached hydrogen (secondary N) is 1. The van der Waals surface area contributed by atoms with E-state index < -0.39 is 0 Å². The highest BCUT2D eigenvalue weighted by Crippen LogP contribution is 2.28. The average Bonchev–Trinajstić information content (AvgIpc) is 2.82. The second kappa shape index (κ2) is 6.57. The number of anilines is 1. The molecule has 0 bridgehead atoms. The number of likely N-dealkylation sites (tertiary alicyclic amines) is 1. The summed E-state index contributed by atoms with van der Waals surface area (Å²) in [5, 5.41) is 3.41. The van der Waals surface area contributed by atoms with Gasteiger partial charge in [0.2, 0.25) is 5.91 Å². The van der Waals surface area contributed by atoms with Gasteiger partial charge >= 0.3 is 0 Å². The molecule has 20 heavy (non-hydrogen) atoms. The number of benzene rings is 1. The van der Waals surface area contributed by atoms with E-state index in [-0.39, 0.29) is 11.3 Å². The van der Waals surface area contributed by atoms with Crippen molar-refractivity contribution in [2.75, 3.05) is 31.5 Å². The zero-order chi connectivity index (χ0) is 14.6. The Hall–Kier alpha value is -1.10. The van der Waals surface area contributed by atoms with Crippen LogP contribution in [0, 0.1) is 5.41 Å². The van der Waals surface area contributed by atoms with Crippen molar-refractivity contribution in [2.24, 2.45) is 11.1 Å². The first-order chi connectivity index (χ1) is 9.52. The first-order valence-corrected chi connectivity index (χ1v) is 7.37. The molecule has 0 radical (unpaired) electrons. The van der Waals surface area contributed by atoms with E-state index >= 15 is 0 Å². The van der Waals surface area contributed by atoms with Gasteiger partial charge < -0.3 is 16.0 Å². The number of para-hydroxylation sites is 1. The molecule has 1 heterocycles. The third-order valence-electron chi connectivity index (χ3n) is 3.93. The van der Waals surface area contributed by atoms with E-state index in [4.69, 9.17) is 17.3 Å². The first-order valence-electron chi connectivity index (χ1n) is 6.99. The van der Waals surface area contributed by atoms with E-state index in [1.54, 1.807) is 6.07 Å². The van der Waals surface area contributed by atoms with Crippen LogP contribution in [0.5, 0.6) is 0 Å². The van der Waals surface area contributed by atoms with Crippen molar-refractivity contribution >= 4 is 23.2 Å². The van der Waals surface area contributed by atoms with Gasteiger partial charge in [-0.25, -0.2) is 0 Å². The van der Waals surface area contributed by atoms with Crippen molar-refractivity contribution in [2.45, 2.75) is 19.8 Å². The molecule has 1 amide bonds. The predicted octanol–water partition coefficient (Wildman–Crippen LogP) is 2.34. The molecule has 0 spiro atoms. The lowest BCUT2D eigenvalue weighted by atomic mass is 9.90. The van der Waals surface area contributed by atoms with E-state index in [1.807, 2.05) is 18.2 Å². The summed E-state index contributed by atoms with van der Waals surface area (Å²) in [4.78, 5) is 14.2. The van der Waals surface area contributed by atoms with Gasteiger partial charge in [0, 0.05) is 19.5 Å². The van der Waals surface area contributed by atoms with E-state index in [1.165, 1.54) is 0 Å². The molecule has 1 aliphatic rings. The molecule has 4 nitrogen and oxygen atoms in total. The molecule has 1 aromatic carbocycles. The number of nitrogens with zero attached hydrogens (tertiary/aromatic N) is 1. The van der Waals surface area contributed by atoms with Crippen molar-refractivity contribution in [3.63, 3.8) is 0 Å². The van der Waals surface area contributed by atoms with Gasteiger partial charge in [-0.1, -0.05) is 30.7 Å². The normalized spacial score (nSPS) is 22.9. The Morgan fingerprint density at radius 2 is 2.25 bits per heavy atom. The van der Waals surface area contributed by atoms with Crippen LogP contribution in [0.25, 0.3) is 0 Å². The van der Waals surface area contributed by atoms with Gasteiger partial charge in [0.25, 0.3) is 0 Å². The molecule has 5 heteroatoms. The molecule has 2 rings (SSSR count). The first kappa shape index (κ1) is 15.3. The summed E-state index contributed by atoms with van der Waals surface area (Å²) < 4.78 is 0. The topological polar surface area (TPSA) is 58.4 Å². The summed E-state index contributed by atoms with van der Waals surface area (Å²) in [7, 11) is 0. The smallest absolute Gasteiger partial charge is 0.225 e. The van der Waals surface area contributed by atoms with Crippen LogP contribution in [0.15, 0.2) is 24.3 Å². The number of halogens is 1. The van der Waals surface area contributed by atoms with Gasteiger partial charge in [0.05, 0.1) is 10.7 Å². The summed E-state index contributed by atoms with van der Waals surface area (Å²) in [6.45, 7) is 5.67. The van der Waals surface area contributed by atoms with Crippen LogP contribution in [0.1, 0.15) is 19.8 Å². The van der Waals surface area contributed by atoms with E-state index in [9.17, 15) is 4.79 Å². The summed E-state index contributed by atoms with van der Waals surface area (Å²) in [6, 6.07) is 7.27. The van der Waals surface area contributed by atoms with Crippen molar-refractivity contribution in [3.05, 3.63) is 29.3 Å². The van der Waals surface area contributed by atoms with Gasteiger partial charge in [-0.15, -0.1) is 0 Å². The molecular formula is C15H22ClN3O. The van der Waals surface area contributed by atoms with Gasteiger partial charge in [-0.3, -0.25) is 4.79 Å². The van der Waals surface area contributed by atoms with Crippen LogP contribution in [-0.2, 0) is 4.79 Å². The van der Waals surface area contributed by atoms with E-state index in [0.29, 0.717) is 23.7 Å².